The molecule has 0 unspecified atom stereocenters. The third-order valence-electron chi connectivity index (χ3n) is 9.79. The molecule has 11 nitrogen and oxygen atoms in total. The van der Waals surface area contributed by atoms with Gasteiger partial charge in [-0.3, -0.25) is 14.4 Å². The molecule has 12 heteroatoms. The molecule has 5 N–H and O–H groups in total. The van der Waals surface area contributed by atoms with Gasteiger partial charge in [-0.15, -0.1) is 11.8 Å². The first-order valence-electron chi connectivity index (χ1n) is 17.4. The molecule has 2 aliphatic rings. The van der Waals surface area contributed by atoms with E-state index < -0.39 is 52.8 Å². The number of rotatable bonds is 14. The van der Waals surface area contributed by atoms with Crippen molar-refractivity contribution in [3.8, 4) is 5.75 Å². The van der Waals surface area contributed by atoms with Gasteiger partial charge in [0, 0.05) is 37.0 Å². The second-order valence-electron chi connectivity index (χ2n) is 14.1. The van der Waals surface area contributed by atoms with Crippen molar-refractivity contribution in [2.45, 2.75) is 75.6 Å². The van der Waals surface area contributed by atoms with E-state index in [2.05, 4.69) is 20.9 Å². The number of fused-ring (bicyclic) bond motifs is 1. The van der Waals surface area contributed by atoms with Crippen LogP contribution in [0.4, 0.5) is 5.69 Å². The number of nitrogens with zero attached hydrogens (tertiary/aromatic N) is 2. The van der Waals surface area contributed by atoms with E-state index in [1.807, 2.05) is 109 Å². The number of benzene rings is 3. The van der Waals surface area contributed by atoms with Crippen LogP contribution in [0.25, 0.3) is 0 Å². The van der Waals surface area contributed by atoms with Crippen LogP contribution >= 0.6 is 11.8 Å². The van der Waals surface area contributed by atoms with Gasteiger partial charge in [-0.05, 0) is 81.1 Å². The number of likely N-dealkylation sites (N-methyl/N-ethyl adjacent to an activating group) is 2. The molecule has 51 heavy (non-hydrogen) atoms. The number of hydrogen-bond donors (Lipinski definition) is 5. The summed E-state index contributed by atoms with van der Waals surface area (Å²) < 4.78 is 5.33. The molecule has 3 aromatic carbocycles. The highest BCUT2D eigenvalue weighted by Crippen LogP contribution is 2.41. The van der Waals surface area contributed by atoms with Crippen molar-refractivity contribution in [3.63, 3.8) is 0 Å². The monoisotopic (exact) mass is 717 g/mol. The molecule has 0 saturated carbocycles. The summed E-state index contributed by atoms with van der Waals surface area (Å²) in [5, 5.41) is 31.5. The lowest BCUT2D eigenvalue weighted by molar-refractivity contribution is -0.148. The van der Waals surface area contributed by atoms with Crippen LogP contribution in [0.1, 0.15) is 47.7 Å². The van der Waals surface area contributed by atoms with Gasteiger partial charge in [-0.25, -0.2) is 0 Å². The van der Waals surface area contributed by atoms with Gasteiger partial charge in [0.25, 0.3) is 11.8 Å². The van der Waals surface area contributed by atoms with E-state index in [0.717, 1.165) is 46.6 Å². The average molecular weight is 718 g/mol. The molecule has 5 atom stereocenters. The predicted molar refractivity (Wildman–Crippen MR) is 201 cm³/mol. The van der Waals surface area contributed by atoms with Crippen molar-refractivity contribution >= 4 is 35.2 Å². The highest BCUT2D eigenvalue weighted by molar-refractivity contribution is 8.00. The number of nitrogens with one attached hydrogen (secondary N) is 3. The van der Waals surface area contributed by atoms with Crippen LogP contribution < -0.4 is 25.6 Å². The van der Waals surface area contributed by atoms with E-state index in [1.54, 1.807) is 0 Å². The fraction of sp³-hybridized carbons (Fsp3) is 0.462. The Bertz CT molecular complexity index is 1680. The molecule has 1 heterocycles. The van der Waals surface area contributed by atoms with Crippen LogP contribution in [0.15, 0.2) is 66.7 Å². The number of aryl methyl sites for hydroxylation is 2. The van der Waals surface area contributed by atoms with Crippen molar-refractivity contribution in [1.29, 1.82) is 0 Å². The number of aliphatic hydroxyl groups is 2. The second kappa shape index (κ2) is 16.5. The standard InChI is InChI=1S/C39H51N5O6S/c1-24-18-28(43(6)17-16-40-5)19-25(2)35(24)50-22-32(46)41-30(20-26-12-8-7-9-13-26)34(47)38(49)44-23-51-39(3,4)36(44)37(48)42-33-29-15-11-10-14-27(29)21-31(33)45/h7-15,18-19,30-31,33-34,36,40,45,47H,16-17,20-23H2,1-6H3,(H,41,46)(H,42,48)/t30-,31+,33-,34-,36-/m0/s1. The maximum Gasteiger partial charge on any atom is 0.258 e. The predicted octanol–water partition coefficient (Wildman–Crippen LogP) is 2.88. The van der Waals surface area contributed by atoms with Gasteiger partial charge in [0.05, 0.1) is 24.1 Å². The van der Waals surface area contributed by atoms with E-state index in [-0.39, 0.29) is 18.9 Å². The summed E-state index contributed by atoms with van der Waals surface area (Å²) in [6.45, 7) is 9.00. The lowest BCUT2D eigenvalue weighted by Gasteiger charge is -2.34. The molecule has 5 rings (SSSR count). The summed E-state index contributed by atoms with van der Waals surface area (Å²) >= 11 is 1.44. The molecule has 0 spiro atoms. The van der Waals surface area contributed by atoms with E-state index in [4.69, 9.17) is 4.74 Å². The van der Waals surface area contributed by atoms with Gasteiger partial charge in [-0.2, -0.15) is 0 Å². The minimum Gasteiger partial charge on any atom is -0.483 e. The Kier molecular flexibility index (Phi) is 12.3. The molecule has 1 saturated heterocycles. The number of aliphatic hydroxyl groups excluding tert-OH is 2. The molecule has 0 bridgehead atoms. The summed E-state index contributed by atoms with van der Waals surface area (Å²) in [4.78, 5) is 45.0. The lowest BCUT2D eigenvalue weighted by atomic mass is 9.96. The van der Waals surface area contributed by atoms with Crippen molar-refractivity contribution in [2.24, 2.45) is 0 Å². The molecule has 3 aromatic rings. The smallest absolute Gasteiger partial charge is 0.258 e. The first kappa shape index (κ1) is 38.1. The summed E-state index contributed by atoms with van der Waals surface area (Å²) in [6.07, 6.45) is -1.83. The summed E-state index contributed by atoms with van der Waals surface area (Å²) in [7, 11) is 3.94. The lowest BCUT2D eigenvalue weighted by Crippen LogP contribution is -2.59. The maximum absolute atomic E-state index is 14.1. The fourth-order valence-corrected chi connectivity index (χ4v) is 8.15. The zero-order chi connectivity index (χ0) is 36.9. The fourth-order valence-electron chi connectivity index (χ4n) is 7.01. The molecule has 1 fully saturated rings. The van der Waals surface area contributed by atoms with Gasteiger partial charge in [0.15, 0.2) is 12.7 Å². The van der Waals surface area contributed by atoms with Crippen LogP contribution in [-0.2, 0) is 27.2 Å². The molecule has 0 radical (unpaired) electrons. The Hall–Kier alpha value is -4.10. The molecule has 3 amide bonds. The second-order valence-corrected chi connectivity index (χ2v) is 15.7. The first-order chi connectivity index (χ1) is 24.3. The van der Waals surface area contributed by atoms with Crippen LogP contribution in [-0.4, -0.2) is 102 Å². The third-order valence-corrected chi connectivity index (χ3v) is 11.2. The van der Waals surface area contributed by atoms with Gasteiger partial charge in [0.2, 0.25) is 5.91 Å². The van der Waals surface area contributed by atoms with Crippen molar-refractivity contribution in [3.05, 3.63) is 94.5 Å². The Morgan fingerprint density at radius 1 is 1.06 bits per heavy atom. The normalized spacial score (nSPS) is 20.3. The largest absolute Gasteiger partial charge is 0.483 e. The number of carbonyl (C=O) groups excluding carboxylic acids is 3. The number of carbonyl (C=O) groups is 3. The van der Waals surface area contributed by atoms with Gasteiger partial charge in [0.1, 0.15) is 11.8 Å². The van der Waals surface area contributed by atoms with E-state index >= 15 is 0 Å². The number of hydrogen-bond acceptors (Lipinski definition) is 9. The highest BCUT2D eigenvalue weighted by Gasteiger charge is 2.50. The Balaban J connectivity index is 1.30. The molecular formula is C39H51N5O6S. The number of anilines is 1. The van der Waals surface area contributed by atoms with Crippen molar-refractivity contribution < 1.29 is 29.3 Å². The maximum atomic E-state index is 14.1. The van der Waals surface area contributed by atoms with Gasteiger partial charge in [-0.1, -0.05) is 54.6 Å². The first-order valence-corrected chi connectivity index (χ1v) is 18.4. The topological polar surface area (TPSA) is 143 Å². The van der Waals surface area contributed by atoms with E-state index in [9.17, 15) is 24.6 Å². The minimum absolute atomic E-state index is 0.178. The Morgan fingerprint density at radius 3 is 2.41 bits per heavy atom. The zero-order valence-corrected chi connectivity index (χ0v) is 31.1. The van der Waals surface area contributed by atoms with Gasteiger partial charge < -0.3 is 40.7 Å². The van der Waals surface area contributed by atoms with Crippen LogP contribution in [0.2, 0.25) is 0 Å². The van der Waals surface area contributed by atoms with Crippen molar-refractivity contribution in [2.75, 3.05) is 44.6 Å². The van der Waals surface area contributed by atoms with E-state index in [1.165, 1.54) is 16.7 Å². The summed E-state index contributed by atoms with van der Waals surface area (Å²) in [5.74, 6) is -0.775. The molecule has 1 aliphatic carbocycles. The number of thioether (sulfide) groups is 1. The Morgan fingerprint density at radius 2 is 1.73 bits per heavy atom. The minimum atomic E-state index is -1.65. The van der Waals surface area contributed by atoms with Crippen molar-refractivity contribution in [1.82, 2.24) is 20.9 Å². The Labute approximate surface area is 305 Å². The third kappa shape index (κ3) is 8.86. The van der Waals surface area contributed by atoms with Gasteiger partial charge >= 0.3 is 0 Å². The van der Waals surface area contributed by atoms with Crippen LogP contribution in [0.3, 0.4) is 0 Å². The molecular weight excluding hydrogens is 667 g/mol. The average Bonchev–Trinajstić information content (AvgIpc) is 3.60. The van der Waals surface area contributed by atoms with E-state index in [0.29, 0.717) is 12.2 Å². The SMILES string of the molecule is CNCCN(C)c1cc(C)c(OCC(=O)N[C@@H](Cc2ccccc2)[C@H](O)C(=O)N2CSC(C)(C)[C@@H]2C(=O)N[C@H]2c3ccccc3C[C@H]2O)c(C)c1. The molecule has 0 aromatic heterocycles. The molecule has 274 valence electrons. The quantitative estimate of drug-likeness (QED) is 0.170. The summed E-state index contributed by atoms with van der Waals surface area (Å²) in [6, 6.07) is 18.4. The van der Waals surface area contributed by atoms with Crippen LogP contribution in [0.5, 0.6) is 5.75 Å². The molecule has 1 aliphatic heterocycles. The van der Waals surface area contributed by atoms with Crippen LogP contribution in [0, 0.1) is 13.8 Å². The zero-order valence-electron chi connectivity index (χ0n) is 30.3. The summed E-state index contributed by atoms with van der Waals surface area (Å²) in [5.41, 5.74) is 5.46. The highest BCUT2D eigenvalue weighted by atomic mass is 32.2. The number of ether oxygens (including phenoxy) is 1. The number of amides is 3.